The Morgan fingerprint density at radius 1 is 1.17 bits per heavy atom. The van der Waals surface area contributed by atoms with E-state index >= 15 is 0 Å². The molecule has 2 aliphatic heterocycles. The van der Waals surface area contributed by atoms with E-state index in [1.54, 1.807) is 48.4 Å². The molecule has 1 unspecified atom stereocenters. The number of benzene rings is 1. The van der Waals surface area contributed by atoms with Crippen molar-refractivity contribution in [2.45, 2.75) is 31.8 Å². The number of hydrogen-bond donors (Lipinski definition) is 1. The number of pyridine rings is 1. The molecule has 1 atom stereocenters. The van der Waals surface area contributed by atoms with E-state index in [9.17, 15) is 18.8 Å². The molecule has 156 valence electrons. The maximum Gasteiger partial charge on any atom is 0.325 e. The zero-order valence-electron chi connectivity index (χ0n) is 16.7. The molecule has 4 rings (SSSR count). The highest BCUT2D eigenvalue weighted by atomic mass is 19.1. The molecule has 0 spiro atoms. The van der Waals surface area contributed by atoms with Crippen LogP contribution in [0, 0.1) is 11.7 Å². The summed E-state index contributed by atoms with van der Waals surface area (Å²) < 4.78 is 13.1. The SMILES string of the molecule is CC1(C2CCN(C(=O)c3ccccn3)CC2)NC(=O)N(Cc2ccc(F)cc2)C1=O. The van der Waals surface area contributed by atoms with Crippen LogP contribution in [-0.4, -0.2) is 51.3 Å². The van der Waals surface area contributed by atoms with Crippen molar-refractivity contribution in [3.8, 4) is 0 Å². The summed E-state index contributed by atoms with van der Waals surface area (Å²) in [6.07, 6.45) is 2.79. The Morgan fingerprint density at radius 3 is 2.50 bits per heavy atom. The summed E-state index contributed by atoms with van der Waals surface area (Å²) in [4.78, 5) is 45.3. The van der Waals surface area contributed by atoms with E-state index in [-0.39, 0.29) is 30.1 Å². The summed E-state index contributed by atoms with van der Waals surface area (Å²) >= 11 is 0. The van der Waals surface area contributed by atoms with E-state index < -0.39 is 11.6 Å². The molecule has 0 saturated carbocycles. The first-order valence-electron chi connectivity index (χ1n) is 9.97. The smallest absolute Gasteiger partial charge is 0.325 e. The highest BCUT2D eigenvalue weighted by Gasteiger charge is 2.52. The minimum absolute atomic E-state index is 0.0834. The molecule has 4 amide bonds. The van der Waals surface area contributed by atoms with E-state index in [0.29, 0.717) is 37.2 Å². The molecule has 2 saturated heterocycles. The van der Waals surface area contributed by atoms with Crippen LogP contribution in [0.5, 0.6) is 0 Å². The number of imide groups is 1. The van der Waals surface area contributed by atoms with Crippen LogP contribution in [0.25, 0.3) is 0 Å². The lowest BCUT2D eigenvalue weighted by molar-refractivity contribution is -0.133. The maximum atomic E-state index is 13.1. The largest absolute Gasteiger partial charge is 0.337 e. The van der Waals surface area contributed by atoms with Crippen molar-refractivity contribution >= 4 is 17.8 Å². The van der Waals surface area contributed by atoms with Crippen LogP contribution < -0.4 is 5.32 Å². The predicted molar refractivity (Wildman–Crippen MR) is 107 cm³/mol. The Morgan fingerprint density at radius 2 is 1.87 bits per heavy atom. The van der Waals surface area contributed by atoms with Crippen molar-refractivity contribution in [1.82, 2.24) is 20.1 Å². The average Bonchev–Trinajstić information content (AvgIpc) is 2.99. The van der Waals surface area contributed by atoms with E-state index in [0.717, 1.165) is 0 Å². The van der Waals surface area contributed by atoms with Gasteiger partial charge in [0.25, 0.3) is 11.8 Å². The number of nitrogens with one attached hydrogen (secondary N) is 1. The van der Waals surface area contributed by atoms with Gasteiger partial charge in [-0.25, -0.2) is 9.18 Å². The number of likely N-dealkylation sites (tertiary alicyclic amines) is 1. The fraction of sp³-hybridized carbons (Fsp3) is 0.364. The van der Waals surface area contributed by atoms with Crippen LogP contribution in [0.15, 0.2) is 48.7 Å². The van der Waals surface area contributed by atoms with Crippen LogP contribution in [0.3, 0.4) is 0 Å². The molecule has 1 N–H and O–H groups in total. The van der Waals surface area contributed by atoms with Crippen LogP contribution in [0.1, 0.15) is 35.8 Å². The van der Waals surface area contributed by atoms with Crippen molar-refractivity contribution in [1.29, 1.82) is 0 Å². The van der Waals surface area contributed by atoms with Gasteiger partial charge >= 0.3 is 6.03 Å². The third-order valence-electron chi connectivity index (χ3n) is 6.04. The summed E-state index contributed by atoms with van der Waals surface area (Å²) in [6, 6.07) is 10.5. The van der Waals surface area contributed by atoms with Gasteiger partial charge < -0.3 is 10.2 Å². The first kappa shape index (κ1) is 20.0. The summed E-state index contributed by atoms with van der Waals surface area (Å²) in [6.45, 7) is 2.84. The molecule has 8 heteroatoms. The maximum absolute atomic E-state index is 13.1. The highest BCUT2D eigenvalue weighted by Crippen LogP contribution is 2.34. The van der Waals surface area contributed by atoms with Gasteiger partial charge in [0.2, 0.25) is 0 Å². The molecule has 0 bridgehead atoms. The van der Waals surface area contributed by atoms with Crippen LogP contribution in [-0.2, 0) is 11.3 Å². The topological polar surface area (TPSA) is 82.6 Å². The third-order valence-corrected chi connectivity index (χ3v) is 6.04. The lowest BCUT2D eigenvalue weighted by Crippen LogP contribution is -2.54. The van der Waals surface area contributed by atoms with Gasteiger partial charge in [-0.15, -0.1) is 0 Å². The molecule has 0 radical (unpaired) electrons. The van der Waals surface area contributed by atoms with E-state index in [2.05, 4.69) is 10.3 Å². The van der Waals surface area contributed by atoms with E-state index in [4.69, 9.17) is 0 Å². The van der Waals surface area contributed by atoms with Gasteiger partial charge in [0.15, 0.2) is 0 Å². The van der Waals surface area contributed by atoms with Crippen molar-refractivity contribution < 1.29 is 18.8 Å². The molecule has 7 nitrogen and oxygen atoms in total. The predicted octanol–water partition coefficient (Wildman–Crippen LogP) is 2.58. The molecule has 2 aromatic rings. The Kier molecular flexibility index (Phi) is 5.24. The number of carbonyl (C=O) groups excluding carboxylic acids is 3. The highest BCUT2D eigenvalue weighted by molar-refractivity contribution is 6.07. The number of rotatable bonds is 4. The van der Waals surface area contributed by atoms with Gasteiger partial charge in [-0.1, -0.05) is 18.2 Å². The van der Waals surface area contributed by atoms with Gasteiger partial charge in [0.1, 0.15) is 17.1 Å². The molecule has 2 aliphatic rings. The first-order valence-corrected chi connectivity index (χ1v) is 9.97. The fourth-order valence-corrected chi connectivity index (χ4v) is 4.22. The quantitative estimate of drug-likeness (QED) is 0.786. The molecule has 2 fully saturated rings. The molecular weight excluding hydrogens is 387 g/mol. The normalized spacial score (nSPS) is 22.3. The number of halogens is 1. The molecule has 3 heterocycles. The zero-order chi connectivity index (χ0) is 21.3. The van der Waals surface area contributed by atoms with Crippen molar-refractivity contribution in [2.75, 3.05) is 13.1 Å². The second-order valence-corrected chi connectivity index (χ2v) is 7.93. The Hall–Kier alpha value is -3.29. The summed E-state index contributed by atoms with van der Waals surface area (Å²) in [5, 5.41) is 2.85. The van der Waals surface area contributed by atoms with Crippen LogP contribution >= 0.6 is 0 Å². The monoisotopic (exact) mass is 410 g/mol. The first-order chi connectivity index (χ1) is 14.4. The van der Waals surface area contributed by atoms with Crippen LogP contribution in [0.2, 0.25) is 0 Å². The van der Waals surface area contributed by atoms with Gasteiger partial charge in [-0.05, 0) is 55.5 Å². The minimum Gasteiger partial charge on any atom is -0.337 e. The number of carbonyl (C=O) groups is 3. The number of urea groups is 1. The van der Waals surface area contributed by atoms with Crippen molar-refractivity contribution in [3.05, 3.63) is 65.7 Å². The number of piperidine rings is 1. The van der Waals surface area contributed by atoms with E-state index in [1.165, 1.54) is 17.0 Å². The lowest BCUT2D eigenvalue weighted by atomic mass is 9.79. The molecule has 1 aromatic heterocycles. The lowest BCUT2D eigenvalue weighted by Gasteiger charge is -2.38. The average molecular weight is 410 g/mol. The molecular formula is C22H23FN4O3. The van der Waals surface area contributed by atoms with Crippen molar-refractivity contribution in [2.24, 2.45) is 5.92 Å². The fourth-order valence-electron chi connectivity index (χ4n) is 4.22. The van der Waals surface area contributed by atoms with Gasteiger partial charge in [-0.2, -0.15) is 0 Å². The standard InChI is InChI=1S/C22H23FN4O3/c1-22(16-9-12-26(13-10-16)19(28)18-4-2-3-11-24-18)20(29)27(21(30)25-22)14-15-5-7-17(23)8-6-15/h2-8,11,16H,9-10,12-14H2,1H3,(H,25,30). The second-order valence-electron chi connectivity index (χ2n) is 7.93. The third kappa shape index (κ3) is 3.65. The minimum atomic E-state index is -1.02. The van der Waals surface area contributed by atoms with Gasteiger partial charge in [0.05, 0.1) is 6.54 Å². The Labute approximate surface area is 173 Å². The Balaban J connectivity index is 1.42. The zero-order valence-corrected chi connectivity index (χ0v) is 16.7. The summed E-state index contributed by atoms with van der Waals surface area (Å²) in [5.41, 5.74) is 0.0647. The van der Waals surface area contributed by atoms with Gasteiger partial charge in [-0.3, -0.25) is 19.5 Å². The number of hydrogen-bond acceptors (Lipinski definition) is 4. The molecule has 0 aliphatic carbocycles. The number of nitrogens with zero attached hydrogens (tertiary/aromatic N) is 3. The van der Waals surface area contributed by atoms with Crippen LogP contribution in [0.4, 0.5) is 9.18 Å². The number of amides is 4. The van der Waals surface area contributed by atoms with Crippen molar-refractivity contribution in [3.63, 3.8) is 0 Å². The Bertz CT molecular complexity index is 958. The second kappa shape index (κ2) is 7.85. The summed E-state index contributed by atoms with van der Waals surface area (Å²) in [5.74, 6) is -0.863. The molecule has 1 aromatic carbocycles. The van der Waals surface area contributed by atoms with Gasteiger partial charge in [0, 0.05) is 19.3 Å². The number of aromatic nitrogens is 1. The summed E-state index contributed by atoms with van der Waals surface area (Å²) in [7, 11) is 0. The molecule has 30 heavy (non-hydrogen) atoms. The van der Waals surface area contributed by atoms with E-state index in [1.807, 2.05) is 0 Å².